The van der Waals surface area contributed by atoms with Crippen molar-refractivity contribution in [2.75, 3.05) is 6.54 Å². The quantitative estimate of drug-likeness (QED) is 0.625. The third kappa shape index (κ3) is 4.34. The Bertz CT molecular complexity index is 368. The zero-order chi connectivity index (χ0) is 13.6. The van der Waals surface area contributed by atoms with Crippen LogP contribution in [0.4, 0.5) is 0 Å². The van der Waals surface area contributed by atoms with Crippen molar-refractivity contribution in [3.8, 4) is 0 Å². The molecule has 1 rings (SSSR count). The van der Waals surface area contributed by atoms with E-state index in [1.807, 2.05) is 6.92 Å². The Labute approximate surface area is 112 Å². The van der Waals surface area contributed by atoms with Gasteiger partial charge in [-0.3, -0.25) is 4.79 Å². The van der Waals surface area contributed by atoms with Crippen molar-refractivity contribution in [3.05, 3.63) is 12.4 Å². The maximum absolute atomic E-state index is 11.6. The molecule has 1 heterocycles. The number of aromatic nitrogens is 2. The van der Waals surface area contributed by atoms with E-state index >= 15 is 0 Å². The number of amides is 1. The van der Waals surface area contributed by atoms with Gasteiger partial charge in [0, 0.05) is 17.6 Å². The molecule has 5 nitrogen and oxygen atoms in total. The maximum atomic E-state index is 11.6. The minimum absolute atomic E-state index is 0.248. The van der Waals surface area contributed by atoms with Gasteiger partial charge in [0.25, 0.3) is 0 Å². The van der Waals surface area contributed by atoms with Gasteiger partial charge < -0.3 is 16.0 Å². The van der Waals surface area contributed by atoms with Crippen molar-refractivity contribution < 1.29 is 4.79 Å². The van der Waals surface area contributed by atoms with Gasteiger partial charge in [-0.15, -0.1) is 0 Å². The van der Waals surface area contributed by atoms with Gasteiger partial charge in [-0.25, -0.2) is 4.98 Å². The molecule has 0 spiro atoms. The largest absolute Gasteiger partial charge is 0.368 e. The van der Waals surface area contributed by atoms with Gasteiger partial charge in [0.1, 0.15) is 0 Å². The van der Waals surface area contributed by atoms with Crippen LogP contribution in [0.25, 0.3) is 0 Å². The monoisotopic (exact) mass is 270 g/mol. The summed E-state index contributed by atoms with van der Waals surface area (Å²) in [5.74, 6) is -0.303. The number of primary amides is 1. The molecule has 102 valence electrons. The highest BCUT2D eigenvalue weighted by Gasteiger charge is 2.32. The Hall–Kier alpha value is -1.01. The zero-order valence-electron chi connectivity index (χ0n) is 11.2. The van der Waals surface area contributed by atoms with E-state index in [9.17, 15) is 4.79 Å². The second kappa shape index (κ2) is 6.80. The van der Waals surface area contributed by atoms with Crippen LogP contribution in [0, 0.1) is 0 Å². The Balaban J connectivity index is 2.57. The van der Waals surface area contributed by atoms with E-state index in [4.69, 9.17) is 5.73 Å². The van der Waals surface area contributed by atoms with E-state index in [1.54, 1.807) is 24.2 Å². The number of nitrogens with zero attached hydrogens (tertiary/aromatic N) is 1. The van der Waals surface area contributed by atoms with E-state index < -0.39 is 5.54 Å². The van der Waals surface area contributed by atoms with Crippen LogP contribution in [0.15, 0.2) is 17.6 Å². The van der Waals surface area contributed by atoms with Gasteiger partial charge >= 0.3 is 0 Å². The number of carbonyl (C=O) groups is 1. The van der Waals surface area contributed by atoms with E-state index in [2.05, 4.69) is 29.1 Å². The zero-order valence-corrected chi connectivity index (χ0v) is 12.0. The van der Waals surface area contributed by atoms with Crippen molar-refractivity contribution in [3.63, 3.8) is 0 Å². The molecule has 0 radical (unpaired) electrons. The number of hydrogen-bond acceptors (Lipinski definition) is 4. The topological polar surface area (TPSA) is 83.8 Å². The van der Waals surface area contributed by atoms with Crippen LogP contribution < -0.4 is 11.1 Å². The molecule has 2 atom stereocenters. The molecule has 6 heteroatoms. The van der Waals surface area contributed by atoms with Gasteiger partial charge in [-0.1, -0.05) is 25.6 Å². The molecule has 0 aliphatic carbocycles. The molecule has 2 unspecified atom stereocenters. The number of nitrogens with two attached hydrogens (primary N) is 1. The normalized spacial score (nSPS) is 16.2. The Morgan fingerprint density at radius 2 is 2.44 bits per heavy atom. The summed E-state index contributed by atoms with van der Waals surface area (Å²) in [6, 6.07) is 0. The maximum Gasteiger partial charge on any atom is 0.237 e. The molecular formula is C12H22N4OS. The molecule has 0 aliphatic heterocycles. The van der Waals surface area contributed by atoms with E-state index in [1.165, 1.54) is 0 Å². The highest BCUT2D eigenvalue weighted by molar-refractivity contribution is 7.99. The third-order valence-electron chi connectivity index (χ3n) is 2.79. The second-order valence-corrected chi connectivity index (χ2v) is 6.08. The molecule has 0 aliphatic rings. The number of carbonyl (C=O) groups excluding carboxylic acids is 1. The minimum atomic E-state index is -0.658. The Morgan fingerprint density at radius 3 is 2.94 bits per heavy atom. The minimum Gasteiger partial charge on any atom is -0.368 e. The van der Waals surface area contributed by atoms with Crippen molar-refractivity contribution in [1.29, 1.82) is 0 Å². The lowest BCUT2D eigenvalue weighted by Gasteiger charge is -2.29. The number of thioether (sulfide) groups is 1. The summed E-state index contributed by atoms with van der Waals surface area (Å²) < 4.78 is 0. The van der Waals surface area contributed by atoms with Gasteiger partial charge in [-0.05, 0) is 26.3 Å². The van der Waals surface area contributed by atoms with Crippen LogP contribution in [0.1, 0.15) is 33.6 Å². The highest BCUT2D eigenvalue weighted by atomic mass is 32.2. The Morgan fingerprint density at radius 1 is 1.72 bits per heavy atom. The number of aromatic amines is 1. The van der Waals surface area contributed by atoms with Crippen LogP contribution >= 0.6 is 11.8 Å². The molecule has 0 saturated carbocycles. The summed E-state index contributed by atoms with van der Waals surface area (Å²) in [4.78, 5) is 18.8. The number of imidazole rings is 1. The third-order valence-corrected chi connectivity index (χ3v) is 3.81. The van der Waals surface area contributed by atoms with Crippen molar-refractivity contribution >= 4 is 17.7 Å². The van der Waals surface area contributed by atoms with E-state index in [0.29, 0.717) is 6.42 Å². The smallest absolute Gasteiger partial charge is 0.237 e. The standard InChI is InChI=1S/C12H22N4OS/c1-4-5-16-12(3,10(13)17)8-9(2)18-11-14-6-7-15-11/h6-7,9,16H,4-5,8H2,1-3H3,(H2,13,17)(H,14,15). The van der Waals surface area contributed by atoms with Crippen LogP contribution in [-0.4, -0.2) is 33.2 Å². The molecule has 0 saturated heterocycles. The summed E-state index contributed by atoms with van der Waals surface area (Å²) in [5.41, 5.74) is 4.84. The van der Waals surface area contributed by atoms with Gasteiger partial charge in [0.05, 0.1) is 5.54 Å². The molecule has 18 heavy (non-hydrogen) atoms. The summed E-state index contributed by atoms with van der Waals surface area (Å²) in [5, 5.41) is 4.35. The summed E-state index contributed by atoms with van der Waals surface area (Å²) in [6.45, 7) is 6.79. The molecule has 1 amide bonds. The lowest BCUT2D eigenvalue weighted by atomic mass is 9.95. The Kier molecular flexibility index (Phi) is 5.68. The van der Waals surface area contributed by atoms with Gasteiger partial charge in [0.15, 0.2) is 5.16 Å². The van der Waals surface area contributed by atoms with Gasteiger partial charge in [0.2, 0.25) is 5.91 Å². The first-order valence-corrected chi connectivity index (χ1v) is 7.07. The number of hydrogen-bond donors (Lipinski definition) is 3. The van der Waals surface area contributed by atoms with Crippen LogP contribution in [-0.2, 0) is 4.79 Å². The molecule has 0 aromatic carbocycles. The average Bonchev–Trinajstić information content (AvgIpc) is 2.78. The number of nitrogens with one attached hydrogen (secondary N) is 2. The fourth-order valence-corrected chi connectivity index (χ4v) is 2.84. The molecular weight excluding hydrogens is 248 g/mol. The lowest BCUT2D eigenvalue weighted by molar-refractivity contribution is -0.124. The molecule has 4 N–H and O–H groups in total. The average molecular weight is 270 g/mol. The first kappa shape index (κ1) is 15.0. The fourth-order valence-electron chi connectivity index (χ4n) is 1.78. The summed E-state index contributed by atoms with van der Waals surface area (Å²) >= 11 is 1.61. The van der Waals surface area contributed by atoms with Crippen molar-refractivity contribution in [1.82, 2.24) is 15.3 Å². The lowest BCUT2D eigenvalue weighted by Crippen LogP contribution is -2.54. The van der Waals surface area contributed by atoms with Crippen LogP contribution in [0.2, 0.25) is 0 Å². The predicted molar refractivity (Wildman–Crippen MR) is 74.4 cm³/mol. The first-order valence-electron chi connectivity index (χ1n) is 6.19. The second-order valence-electron chi connectivity index (χ2n) is 4.65. The molecule has 0 bridgehead atoms. The molecule has 0 fully saturated rings. The van der Waals surface area contributed by atoms with Crippen molar-refractivity contribution in [2.45, 2.75) is 49.6 Å². The summed E-state index contributed by atoms with van der Waals surface area (Å²) in [6.07, 6.45) is 5.16. The first-order chi connectivity index (χ1) is 8.48. The number of rotatable bonds is 8. The fraction of sp³-hybridized carbons (Fsp3) is 0.667. The highest BCUT2D eigenvalue weighted by Crippen LogP contribution is 2.26. The van der Waals surface area contributed by atoms with E-state index in [0.717, 1.165) is 18.1 Å². The van der Waals surface area contributed by atoms with Gasteiger partial charge in [-0.2, -0.15) is 0 Å². The van der Waals surface area contributed by atoms with E-state index in [-0.39, 0.29) is 11.2 Å². The van der Waals surface area contributed by atoms with Crippen molar-refractivity contribution in [2.24, 2.45) is 5.73 Å². The molecule has 1 aromatic rings. The number of H-pyrrole nitrogens is 1. The van der Waals surface area contributed by atoms with Crippen LogP contribution in [0.3, 0.4) is 0 Å². The molecule has 1 aromatic heterocycles. The van der Waals surface area contributed by atoms with Crippen LogP contribution in [0.5, 0.6) is 0 Å². The predicted octanol–water partition coefficient (Wildman–Crippen LogP) is 1.52. The SMILES string of the molecule is CCCNC(C)(CC(C)Sc1ncc[nH]1)C(N)=O. The summed E-state index contributed by atoms with van der Waals surface area (Å²) in [7, 11) is 0.